The largest absolute Gasteiger partial charge is 2.00 e. The summed E-state index contributed by atoms with van der Waals surface area (Å²) in [6.07, 6.45) is 13.8. The molecule has 0 N–H and O–H groups in total. The fourth-order valence-corrected chi connectivity index (χ4v) is 1.26. The maximum Gasteiger partial charge on any atom is 2.00 e. The minimum Gasteiger partial charge on any atom is -0.281 e. The van der Waals surface area contributed by atoms with E-state index < -0.39 is 10.5 Å². The molecule has 2 nitrogen and oxygen atoms in total. The second-order valence-electron chi connectivity index (χ2n) is 2.89. The fraction of sp³-hybridized carbons (Fsp3) is 0. The van der Waals surface area contributed by atoms with E-state index >= 15 is 0 Å². The zero-order valence-electron chi connectivity index (χ0n) is 8.54. The number of carbonyl (C=O) groups excluding carboxylic acids is 2. The Hall–Kier alpha value is 0.439. The van der Waals surface area contributed by atoms with Crippen molar-refractivity contribution in [2.45, 2.75) is 0 Å². The maximum atomic E-state index is 10.3. The van der Waals surface area contributed by atoms with Gasteiger partial charge in [0.2, 0.25) is 10.5 Å². The molecule has 0 aromatic rings. The summed E-state index contributed by atoms with van der Waals surface area (Å²) in [6, 6.07) is 0. The Morgan fingerprint density at radius 2 is 0.941 bits per heavy atom. The maximum absolute atomic E-state index is 10.3. The molecule has 0 unspecified atom stereocenters. The van der Waals surface area contributed by atoms with Gasteiger partial charge < -0.3 is 0 Å². The van der Waals surface area contributed by atoms with Gasteiger partial charge in [-0.15, -0.1) is 0 Å². The molecule has 2 aliphatic carbocycles. The van der Waals surface area contributed by atoms with Gasteiger partial charge in [-0.1, -0.05) is 0 Å². The van der Waals surface area contributed by atoms with Crippen molar-refractivity contribution in [3.8, 4) is 0 Å². The van der Waals surface area contributed by atoms with Gasteiger partial charge in [0.1, 0.15) is 0 Å². The minimum atomic E-state index is -0.394. The van der Waals surface area contributed by atoms with Crippen LogP contribution in [0, 0.1) is 63.2 Å². The van der Waals surface area contributed by atoms with Crippen LogP contribution in [0.2, 0.25) is 0 Å². The Balaban J connectivity index is 0.000000284. The molecule has 0 aromatic heterocycles. The van der Waals surface area contributed by atoms with Gasteiger partial charge in [-0.2, -0.15) is 0 Å². The van der Waals surface area contributed by atoms with Gasteiger partial charge in [0, 0.05) is 0 Å². The van der Waals surface area contributed by atoms with Gasteiger partial charge >= 0.3 is 17.1 Å². The molecule has 0 aromatic carbocycles. The van der Waals surface area contributed by atoms with Gasteiger partial charge in [-0.25, -0.2) is 0 Å². The average Bonchev–Trinajstić information content (AvgIpc) is 2.93. The summed E-state index contributed by atoms with van der Waals surface area (Å²) >= 11 is 10.2. The molecule has 0 spiro atoms. The molecule has 0 heterocycles. The van der Waals surface area contributed by atoms with Crippen LogP contribution in [0.3, 0.4) is 0 Å². The molecule has 0 saturated heterocycles. The van der Waals surface area contributed by atoms with Crippen LogP contribution in [-0.4, -0.2) is 10.5 Å². The second kappa shape index (κ2) is 9.38. The van der Waals surface area contributed by atoms with Crippen molar-refractivity contribution in [3.05, 3.63) is 63.2 Å². The molecule has 2 fully saturated rings. The SMILES string of the molecule is O=C(Cl)[C]1[CH][CH][CH][CH]1.O=C(Cl)[C]1[CH][CH][CH][CH]1.[Fe+2]. The van der Waals surface area contributed by atoms with E-state index in [2.05, 4.69) is 0 Å². The van der Waals surface area contributed by atoms with Crippen molar-refractivity contribution in [3.63, 3.8) is 0 Å². The third-order valence-corrected chi connectivity index (χ3v) is 2.22. The van der Waals surface area contributed by atoms with E-state index in [1.807, 2.05) is 0 Å². The van der Waals surface area contributed by atoms with Crippen molar-refractivity contribution < 1.29 is 26.7 Å². The topological polar surface area (TPSA) is 34.1 Å². The molecule has 88 valence electrons. The number of hydrogen-bond donors (Lipinski definition) is 0. The van der Waals surface area contributed by atoms with Crippen LogP contribution < -0.4 is 0 Å². The zero-order chi connectivity index (χ0) is 12.0. The van der Waals surface area contributed by atoms with Gasteiger partial charge in [-0.3, -0.25) is 9.59 Å². The number of rotatable bonds is 2. The minimum absolute atomic E-state index is 0. The van der Waals surface area contributed by atoms with Crippen LogP contribution in [0.15, 0.2) is 0 Å². The molecule has 5 heteroatoms. The normalized spacial score (nSPS) is 20.4. The van der Waals surface area contributed by atoms with E-state index in [-0.39, 0.29) is 17.1 Å². The summed E-state index contributed by atoms with van der Waals surface area (Å²) in [5.41, 5.74) is 0. The Labute approximate surface area is 123 Å². The predicted molar refractivity (Wildman–Crippen MR) is 62.6 cm³/mol. The van der Waals surface area contributed by atoms with Gasteiger partial charge in [0.25, 0.3) is 0 Å². The smallest absolute Gasteiger partial charge is 0.281 e. The predicted octanol–water partition coefficient (Wildman–Crippen LogP) is 2.31. The molecule has 2 aliphatic rings. The number of hydrogen-bond acceptors (Lipinski definition) is 2. The van der Waals surface area contributed by atoms with Gasteiger partial charge in [0.05, 0.1) is 11.8 Å². The average molecular weight is 311 g/mol. The Kier molecular flexibility index (Phi) is 9.62. The van der Waals surface area contributed by atoms with Crippen molar-refractivity contribution in [2.24, 2.45) is 0 Å². The number of halogens is 2. The van der Waals surface area contributed by atoms with Crippen LogP contribution in [0.5, 0.6) is 0 Å². The first-order chi connectivity index (χ1) is 7.61. The number of carbonyl (C=O) groups is 2. The van der Waals surface area contributed by atoms with Gasteiger partial charge in [0.15, 0.2) is 0 Å². The summed E-state index contributed by atoms with van der Waals surface area (Å²) in [4.78, 5) is 20.5. The summed E-state index contributed by atoms with van der Waals surface area (Å²) < 4.78 is 0. The Morgan fingerprint density at radius 1 is 0.706 bits per heavy atom. The van der Waals surface area contributed by atoms with Crippen LogP contribution in [-0.2, 0) is 26.7 Å². The second-order valence-corrected chi connectivity index (χ2v) is 3.58. The first kappa shape index (κ1) is 17.4. The molecular formula is C12H8Cl2FeO2+2. The van der Waals surface area contributed by atoms with E-state index in [9.17, 15) is 9.59 Å². The first-order valence-corrected chi connectivity index (χ1v) is 5.20. The standard InChI is InChI=1S/2C6H4ClO.Fe/c2*7-6(8)5-3-1-2-4-5;/h2*1-4H;/q;;+2. The third kappa shape index (κ3) is 6.81. The summed E-state index contributed by atoms with van der Waals surface area (Å²) in [7, 11) is 0. The monoisotopic (exact) mass is 310 g/mol. The van der Waals surface area contributed by atoms with E-state index in [0.29, 0.717) is 11.8 Å². The fourth-order valence-electron chi connectivity index (χ4n) is 1.01. The molecule has 10 radical (unpaired) electrons. The van der Waals surface area contributed by atoms with Crippen molar-refractivity contribution >= 4 is 33.7 Å². The molecule has 0 aliphatic heterocycles. The Bertz CT molecular complexity index is 221. The van der Waals surface area contributed by atoms with Crippen LogP contribution in [0.4, 0.5) is 0 Å². The van der Waals surface area contributed by atoms with Crippen molar-refractivity contribution in [1.29, 1.82) is 0 Å². The molecule has 2 rings (SSSR count). The molecule has 17 heavy (non-hydrogen) atoms. The quantitative estimate of drug-likeness (QED) is 0.579. The van der Waals surface area contributed by atoms with E-state index in [4.69, 9.17) is 23.2 Å². The summed E-state index contributed by atoms with van der Waals surface area (Å²) in [6.45, 7) is 0. The molecule has 0 atom stereocenters. The summed E-state index contributed by atoms with van der Waals surface area (Å²) in [5, 5.41) is -0.787. The van der Waals surface area contributed by atoms with Crippen molar-refractivity contribution in [2.75, 3.05) is 0 Å². The van der Waals surface area contributed by atoms with E-state index in [1.54, 1.807) is 51.4 Å². The summed E-state index contributed by atoms with van der Waals surface area (Å²) in [5.74, 6) is 1.12. The molecule has 0 amide bonds. The Morgan fingerprint density at radius 3 is 1.06 bits per heavy atom. The third-order valence-electron chi connectivity index (χ3n) is 1.78. The van der Waals surface area contributed by atoms with Crippen LogP contribution in [0.25, 0.3) is 0 Å². The van der Waals surface area contributed by atoms with E-state index in [0.717, 1.165) is 0 Å². The molecule has 2 saturated carbocycles. The van der Waals surface area contributed by atoms with E-state index in [1.165, 1.54) is 0 Å². The first-order valence-electron chi connectivity index (χ1n) is 4.44. The molecular weight excluding hydrogens is 303 g/mol. The van der Waals surface area contributed by atoms with Crippen LogP contribution in [0.1, 0.15) is 0 Å². The zero-order valence-corrected chi connectivity index (χ0v) is 11.2. The molecule has 0 bridgehead atoms. The van der Waals surface area contributed by atoms with Crippen molar-refractivity contribution in [1.82, 2.24) is 0 Å². The van der Waals surface area contributed by atoms with Gasteiger partial charge in [-0.05, 0) is 74.6 Å². The van der Waals surface area contributed by atoms with Crippen LogP contribution >= 0.6 is 23.2 Å².